The Morgan fingerprint density at radius 1 is 0.588 bits per heavy atom. The molecule has 0 aliphatic carbocycles. The van der Waals surface area contributed by atoms with Crippen LogP contribution in [0.1, 0.15) is 34.6 Å². The fourth-order valence-corrected chi connectivity index (χ4v) is 3.78. The highest BCUT2D eigenvalue weighted by molar-refractivity contribution is 6.15. The summed E-state index contributed by atoms with van der Waals surface area (Å²) >= 11 is 0. The van der Waals surface area contributed by atoms with Crippen molar-refractivity contribution >= 4 is 34.0 Å². The average molecular weight is 455 g/mol. The number of hydrogen-bond donors (Lipinski definition) is 2. The summed E-state index contributed by atoms with van der Waals surface area (Å²) in [6.07, 6.45) is 0. The van der Waals surface area contributed by atoms with Crippen LogP contribution in [0.5, 0.6) is 11.5 Å². The van der Waals surface area contributed by atoms with Gasteiger partial charge in [-0.25, -0.2) is 0 Å². The first kappa shape index (κ1) is 22.9. The molecule has 4 rings (SSSR count). The second-order valence-electron chi connectivity index (χ2n) is 7.47. The number of ether oxygens (including phenoxy) is 2. The Kier molecular flexibility index (Phi) is 7.08. The SMILES string of the molecule is CCOc1ccccc1C(=O)Nc1cccc2c(NC(=O)c3ccccc3OCC)cccc12. The lowest BCUT2D eigenvalue weighted by Crippen LogP contribution is -2.15. The van der Waals surface area contributed by atoms with Crippen molar-refractivity contribution in [3.63, 3.8) is 0 Å². The third-order valence-electron chi connectivity index (χ3n) is 5.28. The van der Waals surface area contributed by atoms with E-state index in [-0.39, 0.29) is 11.8 Å². The Labute approximate surface area is 198 Å². The number of carbonyl (C=O) groups excluding carboxylic acids is 2. The maximum Gasteiger partial charge on any atom is 0.259 e. The van der Waals surface area contributed by atoms with Crippen LogP contribution in [0.25, 0.3) is 10.8 Å². The molecule has 2 amide bonds. The van der Waals surface area contributed by atoms with Gasteiger partial charge in [0.1, 0.15) is 11.5 Å². The molecule has 4 aromatic carbocycles. The van der Waals surface area contributed by atoms with E-state index in [1.165, 1.54) is 0 Å². The molecule has 0 aliphatic rings. The standard InChI is InChI=1S/C28H26N2O4/c1-3-33-25-17-7-5-11-21(25)27(31)29-23-15-9-14-20-19(23)13-10-16-24(20)30-28(32)22-12-6-8-18-26(22)34-4-2/h5-18H,3-4H2,1-2H3,(H,29,31)(H,30,32). The highest BCUT2D eigenvalue weighted by atomic mass is 16.5. The average Bonchev–Trinajstić information content (AvgIpc) is 2.85. The van der Waals surface area contributed by atoms with Crippen LogP contribution in [0.4, 0.5) is 11.4 Å². The molecule has 2 N–H and O–H groups in total. The van der Waals surface area contributed by atoms with Crippen molar-refractivity contribution in [3.05, 3.63) is 96.1 Å². The summed E-state index contributed by atoms with van der Waals surface area (Å²) in [5.74, 6) is 0.528. The van der Waals surface area contributed by atoms with Gasteiger partial charge in [-0.05, 0) is 50.2 Å². The Balaban J connectivity index is 1.63. The number of nitrogens with one attached hydrogen (secondary N) is 2. The summed E-state index contributed by atoms with van der Waals surface area (Å²) in [6, 6.07) is 25.4. The number of rotatable bonds is 8. The van der Waals surface area contributed by atoms with E-state index in [4.69, 9.17) is 9.47 Å². The fourth-order valence-electron chi connectivity index (χ4n) is 3.78. The van der Waals surface area contributed by atoms with Crippen LogP contribution < -0.4 is 20.1 Å². The molecule has 0 fully saturated rings. The second kappa shape index (κ2) is 10.5. The van der Waals surface area contributed by atoms with E-state index in [2.05, 4.69) is 10.6 Å². The number of hydrogen-bond acceptors (Lipinski definition) is 4. The van der Waals surface area contributed by atoms with Crippen LogP contribution in [-0.2, 0) is 0 Å². The maximum absolute atomic E-state index is 13.0. The lowest BCUT2D eigenvalue weighted by Gasteiger charge is -2.15. The van der Waals surface area contributed by atoms with Crippen LogP contribution in [0, 0.1) is 0 Å². The van der Waals surface area contributed by atoms with Crippen molar-refractivity contribution in [1.82, 2.24) is 0 Å². The molecule has 0 saturated heterocycles. The predicted molar refractivity (Wildman–Crippen MR) is 135 cm³/mol. The van der Waals surface area contributed by atoms with Crippen molar-refractivity contribution in [1.29, 1.82) is 0 Å². The van der Waals surface area contributed by atoms with Crippen molar-refractivity contribution in [2.24, 2.45) is 0 Å². The van der Waals surface area contributed by atoms with Gasteiger partial charge in [0.25, 0.3) is 11.8 Å². The molecule has 6 nitrogen and oxygen atoms in total. The predicted octanol–water partition coefficient (Wildman–Crippen LogP) is 6.14. The zero-order valence-electron chi connectivity index (χ0n) is 19.1. The largest absolute Gasteiger partial charge is 0.493 e. The normalized spacial score (nSPS) is 10.5. The number of fused-ring (bicyclic) bond motifs is 1. The van der Waals surface area contributed by atoms with Gasteiger partial charge in [-0.3, -0.25) is 9.59 Å². The van der Waals surface area contributed by atoms with E-state index in [0.717, 1.165) is 10.8 Å². The molecular formula is C28H26N2O4. The van der Waals surface area contributed by atoms with Gasteiger partial charge in [0.2, 0.25) is 0 Å². The number of amides is 2. The lowest BCUT2D eigenvalue weighted by molar-refractivity contribution is 0.101. The van der Waals surface area contributed by atoms with Crippen LogP contribution in [0.3, 0.4) is 0 Å². The smallest absolute Gasteiger partial charge is 0.259 e. The van der Waals surface area contributed by atoms with Crippen molar-refractivity contribution in [2.45, 2.75) is 13.8 Å². The zero-order valence-corrected chi connectivity index (χ0v) is 19.1. The molecule has 6 heteroatoms. The minimum absolute atomic E-state index is 0.267. The fraction of sp³-hybridized carbons (Fsp3) is 0.143. The van der Waals surface area contributed by atoms with Crippen molar-refractivity contribution in [2.75, 3.05) is 23.8 Å². The summed E-state index contributed by atoms with van der Waals surface area (Å²) in [5, 5.41) is 7.59. The topological polar surface area (TPSA) is 76.7 Å². The molecule has 0 aliphatic heterocycles. The van der Waals surface area contributed by atoms with Crippen LogP contribution in [0.2, 0.25) is 0 Å². The Morgan fingerprint density at radius 2 is 1.00 bits per heavy atom. The molecular weight excluding hydrogens is 428 g/mol. The Hall–Kier alpha value is -4.32. The van der Waals surface area contributed by atoms with Gasteiger partial charge in [-0.1, -0.05) is 48.5 Å². The van der Waals surface area contributed by atoms with Crippen LogP contribution in [-0.4, -0.2) is 25.0 Å². The molecule has 0 heterocycles. The van der Waals surface area contributed by atoms with E-state index in [0.29, 0.717) is 47.2 Å². The highest BCUT2D eigenvalue weighted by Gasteiger charge is 2.16. The van der Waals surface area contributed by atoms with E-state index in [1.807, 2.05) is 62.4 Å². The molecule has 0 radical (unpaired) electrons. The summed E-state index contributed by atoms with van der Waals surface area (Å²) in [4.78, 5) is 26.1. The van der Waals surface area contributed by atoms with Crippen molar-refractivity contribution < 1.29 is 19.1 Å². The molecule has 0 saturated carbocycles. The van der Waals surface area contributed by atoms with Gasteiger partial charge in [0.05, 0.1) is 24.3 Å². The number of carbonyl (C=O) groups is 2. The lowest BCUT2D eigenvalue weighted by atomic mass is 10.1. The minimum Gasteiger partial charge on any atom is -0.493 e. The van der Waals surface area contributed by atoms with Gasteiger partial charge in [0, 0.05) is 22.1 Å². The van der Waals surface area contributed by atoms with E-state index in [9.17, 15) is 9.59 Å². The van der Waals surface area contributed by atoms with Gasteiger partial charge >= 0.3 is 0 Å². The van der Waals surface area contributed by atoms with Crippen LogP contribution in [0.15, 0.2) is 84.9 Å². The summed E-state index contributed by atoms with van der Waals surface area (Å²) in [6.45, 7) is 4.69. The number of para-hydroxylation sites is 2. The summed E-state index contributed by atoms with van der Waals surface area (Å²) < 4.78 is 11.2. The van der Waals surface area contributed by atoms with E-state index in [1.54, 1.807) is 36.4 Å². The van der Waals surface area contributed by atoms with Crippen LogP contribution >= 0.6 is 0 Å². The summed E-state index contributed by atoms with van der Waals surface area (Å²) in [5.41, 5.74) is 2.19. The molecule has 172 valence electrons. The molecule has 4 aromatic rings. The third-order valence-corrected chi connectivity index (χ3v) is 5.28. The van der Waals surface area contributed by atoms with E-state index < -0.39 is 0 Å². The van der Waals surface area contributed by atoms with Gasteiger partial charge in [-0.2, -0.15) is 0 Å². The van der Waals surface area contributed by atoms with Crippen molar-refractivity contribution in [3.8, 4) is 11.5 Å². The second-order valence-corrected chi connectivity index (χ2v) is 7.47. The molecule has 0 atom stereocenters. The molecule has 0 unspecified atom stereocenters. The first-order valence-electron chi connectivity index (χ1n) is 11.2. The Bertz CT molecular complexity index is 1230. The highest BCUT2D eigenvalue weighted by Crippen LogP contribution is 2.31. The maximum atomic E-state index is 13.0. The minimum atomic E-state index is -0.267. The third kappa shape index (κ3) is 4.86. The van der Waals surface area contributed by atoms with Gasteiger partial charge in [0.15, 0.2) is 0 Å². The van der Waals surface area contributed by atoms with Gasteiger partial charge < -0.3 is 20.1 Å². The number of anilines is 2. The molecule has 0 spiro atoms. The summed E-state index contributed by atoms with van der Waals surface area (Å²) in [7, 11) is 0. The molecule has 0 aromatic heterocycles. The van der Waals surface area contributed by atoms with Gasteiger partial charge in [-0.15, -0.1) is 0 Å². The number of benzene rings is 4. The monoisotopic (exact) mass is 454 g/mol. The first-order valence-corrected chi connectivity index (χ1v) is 11.2. The Morgan fingerprint density at radius 3 is 1.41 bits per heavy atom. The zero-order chi connectivity index (χ0) is 23.9. The molecule has 0 bridgehead atoms. The quantitative estimate of drug-likeness (QED) is 0.335. The molecule has 34 heavy (non-hydrogen) atoms. The van der Waals surface area contributed by atoms with E-state index >= 15 is 0 Å². The first-order chi connectivity index (χ1) is 16.6.